The van der Waals surface area contributed by atoms with Gasteiger partial charge < -0.3 is 5.32 Å². The normalized spacial score (nSPS) is 22.4. The van der Waals surface area contributed by atoms with Gasteiger partial charge in [-0.2, -0.15) is 5.10 Å². The zero-order chi connectivity index (χ0) is 16.0. The highest BCUT2D eigenvalue weighted by molar-refractivity contribution is 6.53. The number of aromatic nitrogens is 2. The summed E-state index contributed by atoms with van der Waals surface area (Å²) in [6, 6.07) is 7.87. The lowest BCUT2D eigenvalue weighted by Gasteiger charge is -2.10. The second-order valence-corrected chi connectivity index (χ2v) is 7.18. The van der Waals surface area contributed by atoms with Crippen molar-refractivity contribution in [3.63, 3.8) is 0 Å². The van der Waals surface area contributed by atoms with Crippen molar-refractivity contribution in [3.8, 4) is 0 Å². The predicted octanol–water partition coefficient (Wildman–Crippen LogP) is 3.59. The first-order chi connectivity index (χ1) is 10.3. The van der Waals surface area contributed by atoms with Crippen molar-refractivity contribution in [2.45, 2.75) is 24.2 Å². The molecule has 4 nitrogen and oxygen atoms in total. The quantitative estimate of drug-likeness (QED) is 0.863. The number of hydrogen-bond donors (Lipinski definition) is 1. The van der Waals surface area contributed by atoms with E-state index in [-0.39, 0.29) is 11.7 Å². The summed E-state index contributed by atoms with van der Waals surface area (Å²) in [5, 5.41) is 6.98. The average Bonchev–Trinajstić information content (AvgIpc) is 2.80. The number of carbonyl (C=O) groups excluding carboxylic acids is 1. The molecule has 0 bridgehead atoms. The van der Waals surface area contributed by atoms with E-state index >= 15 is 0 Å². The molecule has 0 spiro atoms. The molecule has 0 aliphatic heterocycles. The lowest BCUT2D eigenvalue weighted by molar-refractivity contribution is -0.120. The molecular weight excluding hydrogens is 328 g/mol. The maximum atomic E-state index is 12.9. The highest BCUT2D eigenvalue weighted by Gasteiger charge is 2.68. The van der Waals surface area contributed by atoms with Crippen molar-refractivity contribution in [1.82, 2.24) is 9.78 Å². The van der Waals surface area contributed by atoms with E-state index in [2.05, 4.69) is 10.4 Å². The third kappa shape index (κ3) is 2.83. The molecule has 2 aromatic rings. The first kappa shape index (κ1) is 15.3. The molecule has 1 heterocycles. The summed E-state index contributed by atoms with van der Waals surface area (Å²) in [7, 11) is 0. The van der Waals surface area contributed by atoms with Crippen molar-refractivity contribution >= 4 is 34.9 Å². The van der Waals surface area contributed by atoms with E-state index in [4.69, 9.17) is 23.2 Å². The van der Waals surface area contributed by atoms with E-state index in [1.54, 1.807) is 36.0 Å². The first-order valence-electron chi connectivity index (χ1n) is 6.77. The summed E-state index contributed by atoms with van der Waals surface area (Å²) in [6.07, 6.45) is 2.16. The SMILES string of the molecule is C[C@]1(C(=O)Nc2ccn(Cc3ccc(F)cc3)n2)CC1(Cl)Cl. The van der Waals surface area contributed by atoms with E-state index in [1.165, 1.54) is 12.1 Å². The average molecular weight is 342 g/mol. The number of carbonyl (C=O) groups is 1. The number of halogens is 3. The molecular formula is C15H14Cl2FN3O. The summed E-state index contributed by atoms with van der Waals surface area (Å²) >= 11 is 12.0. The summed E-state index contributed by atoms with van der Waals surface area (Å²) < 4.78 is 13.5. The molecule has 1 N–H and O–H groups in total. The lowest BCUT2D eigenvalue weighted by atomic mass is 10.1. The number of anilines is 1. The summed E-state index contributed by atoms with van der Waals surface area (Å²) in [5.74, 6) is -0.0885. The van der Waals surface area contributed by atoms with Gasteiger partial charge in [0.2, 0.25) is 5.91 Å². The Hall–Kier alpha value is -1.59. The second-order valence-electron chi connectivity index (χ2n) is 5.69. The third-order valence-corrected chi connectivity index (χ3v) is 5.00. The van der Waals surface area contributed by atoms with Gasteiger partial charge in [0.25, 0.3) is 0 Å². The molecule has 1 aliphatic rings. The fourth-order valence-electron chi connectivity index (χ4n) is 2.19. The lowest BCUT2D eigenvalue weighted by Crippen LogP contribution is -2.26. The van der Waals surface area contributed by atoms with E-state index in [1.807, 2.05) is 0 Å². The molecule has 3 rings (SSSR count). The van der Waals surface area contributed by atoms with Crippen LogP contribution in [0.2, 0.25) is 0 Å². The molecule has 1 aromatic carbocycles. The van der Waals surface area contributed by atoms with Gasteiger partial charge >= 0.3 is 0 Å². The number of rotatable bonds is 4. The Morgan fingerprint density at radius 3 is 2.59 bits per heavy atom. The van der Waals surface area contributed by atoms with Gasteiger partial charge in [0.05, 0.1) is 12.0 Å². The topological polar surface area (TPSA) is 46.9 Å². The molecule has 1 aromatic heterocycles. The molecule has 0 unspecified atom stereocenters. The molecule has 0 radical (unpaired) electrons. The van der Waals surface area contributed by atoms with Crippen LogP contribution in [0.25, 0.3) is 0 Å². The fraction of sp³-hybridized carbons (Fsp3) is 0.333. The van der Waals surface area contributed by atoms with Crippen molar-refractivity contribution in [2.75, 3.05) is 5.32 Å². The van der Waals surface area contributed by atoms with Gasteiger partial charge in [0.15, 0.2) is 5.82 Å². The molecule has 0 saturated heterocycles. The van der Waals surface area contributed by atoms with Crippen LogP contribution < -0.4 is 5.32 Å². The zero-order valence-electron chi connectivity index (χ0n) is 11.8. The molecule has 1 atom stereocenters. The Bertz CT molecular complexity index is 714. The monoisotopic (exact) mass is 341 g/mol. The first-order valence-corrected chi connectivity index (χ1v) is 7.53. The number of amides is 1. The van der Waals surface area contributed by atoms with E-state index in [0.717, 1.165) is 5.56 Å². The van der Waals surface area contributed by atoms with Crippen LogP contribution in [0.15, 0.2) is 36.5 Å². The van der Waals surface area contributed by atoms with Gasteiger partial charge in [-0.1, -0.05) is 12.1 Å². The number of benzene rings is 1. The maximum absolute atomic E-state index is 12.9. The molecule has 1 aliphatic carbocycles. The van der Waals surface area contributed by atoms with Crippen molar-refractivity contribution < 1.29 is 9.18 Å². The number of hydrogen-bond acceptors (Lipinski definition) is 2. The van der Waals surface area contributed by atoms with Crippen LogP contribution in [0.4, 0.5) is 10.2 Å². The summed E-state index contributed by atoms with van der Waals surface area (Å²) in [5.41, 5.74) is 0.133. The van der Waals surface area contributed by atoms with Gasteiger partial charge in [-0.15, -0.1) is 23.2 Å². The Labute approximate surface area is 137 Å². The van der Waals surface area contributed by atoms with Gasteiger partial charge in [-0.3, -0.25) is 9.48 Å². The number of nitrogens with zero attached hydrogens (tertiary/aromatic N) is 2. The maximum Gasteiger partial charge on any atom is 0.234 e. The second kappa shape index (κ2) is 5.25. The van der Waals surface area contributed by atoms with Crippen LogP contribution in [-0.4, -0.2) is 20.0 Å². The predicted molar refractivity (Wildman–Crippen MR) is 83.5 cm³/mol. The van der Waals surface area contributed by atoms with Gasteiger partial charge in [-0.25, -0.2) is 4.39 Å². The van der Waals surface area contributed by atoms with Crippen LogP contribution in [0.1, 0.15) is 18.9 Å². The van der Waals surface area contributed by atoms with E-state index < -0.39 is 9.75 Å². The van der Waals surface area contributed by atoms with Gasteiger partial charge in [0, 0.05) is 12.3 Å². The third-order valence-electron chi connectivity index (χ3n) is 3.90. The van der Waals surface area contributed by atoms with E-state index in [9.17, 15) is 9.18 Å². The Morgan fingerprint density at radius 2 is 2.00 bits per heavy atom. The van der Waals surface area contributed by atoms with Gasteiger partial charge in [-0.05, 0) is 31.0 Å². The molecule has 7 heteroatoms. The molecule has 22 heavy (non-hydrogen) atoms. The minimum atomic E-state index is -1.01. The number of nitrogens with one attached hydrogen (secondary N) is 1. The molecule has 1 fully saturated rings. The standard InChI is InChI=1S/C15H14Cl2FN3O/c1-14(9-15(14,16)17)13(22)19-12-6-7-21(20-12)8-10-2-4-11(18)5-3-10/h2-7H,8-9H2,1H3,(H,19,20,22)/t14-/m1/s1. The smallest absolute Gasteiger partial charge is 0.234 e. The Balaban J connectivity index is 1.64. The van der Waals surface area contributed by atoms with Crippen LogP contribution in [-0.2, 0) is 11.3 Å². The summed E-state index contributed by atoms with van der Waals surface area (Å²) in [4.78, 5) is 12.1. The van der Waals surface area contributed by atoms with Crippen LogP contribution in [0.5, 0.6) is 0 Å². The van der Waals surface area contributed by atoms with Gasteiger partial charge in [0.1, 0.15) is 10.2 Å². The highest BCUT2D eigenvalue weighted by Crippen LogP contribution is 2.64. The molecule has 116 valence electrons. The largest absolute Gasteiger partial charge is 0.309 e. The Morgan fingerprint density at radius 1 is 1.36 bits per heavy atom. The molecule has 1 amide bonds. The van der Waals surface area contributed by atoms with Crippen molar-refractivity contribution in [2.24, 2.45) is 5.41 Å². The van der Waals surface area contributed by atoms with E-state index in [0.29, 0.717) is 18.8 Å². The Kier molecular flexibility index (Phi) is 3.65. The minimum Gasteiger partial charge on any atom is -0.309 e. The van der Waals surface area contributed by atoms with Crippen LogP contribution in [0.3, 0.4) is 0 Å². The summed E-state index contributed by atoms with van der Waals surface area (Å²) in [6.45, 7) is 2.21. The highest BCUT2D eigenvalue weighted by atomic mass is 35.5. The molecule has 1 saturated carbocycles. The zero-order valence-corrected chi connectivity index (χ0v) is 13.3. The minimum absolute atomic E-state index is 0.246. The van der Waals surface area contributed by atoms with Crippen molar-refractivity contribution in [3.05, 3.63) is 47.9 Å². The van der Waals surface area contributed by atoms with Crippen LogP contribution in [0, 0.1) is 11.2 Å². The van der Waals surface area contributed by atoms with Crippen molar-refractivity contribution in [1.29, 1.82) is 0 Å². The van der Waals surface area contributed by atoms with Crippen LogP contribution >= 0.6 is 23.2 Å². The fourth-order valence-corrected chi connectivity index (χ4v) is 2.90. The number of alkyl halides is 2.